The molecule has 2 aromatic rings. The second kappa shape index (κ2) is 12.4. The van der Waals surface area contributed by atoms with Gasteiger partial charge in [-0.05, 0) is 76.8 Å². The minimum Gasteiger partial charge on any atom is -0.0836 e. The summed E-state index contributed by atoms with van der Waals surface area (Å²) in [6, 6.07) is 13.8. The molecule has 0 bridgehead atoms. The first-order chi connectivity index (χ1) is 13.9. The molecule has 3 aliphatic carbocycles. The van der Waals surface area contributed by atoms with E-state index in [1.807, 2.05) is 55.4 Å². The quantitative estimate of drug-likeness (QED) is 0.367. The molecule has 0 aliphatic heterocycles. The van der Waals surface area contributed by atoms with Crippen molar-refractivity contribution in [1.82, 2.24) is 0 Å². The van der Waals surface area contributed by atoms with Gasteiger partial charge in [0.1, 0.15) is 0 Å². The van der Waals surface area contributed by atoms with Crippen molar-refractivity contribution in [2.75, 3.05) is 0 Å². The van der Waals surface area contributed by atoms with Crippen molar-refractivity contribution >= 4 is 5.57 Å². The molecule has 0 amide bonds. The van der Waals surface area contributed by atoms with Crippen LogP contribution >= 0.6 is 0 Å². The number of fused-ring (bicyclic) bond motifs is 5. The zero-order valence-electron chi connectivity index (χ0n) is 19.4. The minimum absolute atomic E-state index is 1.10. The molecule has 5 rings (SSSR count). The first-order valence-electron chi connectivity index (χ1n) is 11.5. The van der Waals surface area contributed by atoms with Crippen molar-refractivity contribution in [3.8, 4) is 11.1 Å². The molecule has 0 heterocycles. The van der Waals surface area contributed by atoms with Gasteiger partial charge in [-0.2, -0.15) is 0 Å². The molecular formula is C28H40. The van der Waals surface area contributed by atoms with E-state index in [-0.39, 0.29) is 0 Å². The van der Waals surface area contributed by atoms with Gasteiger partial charge in [-0.3, -0.25) is 0 Å². The van der Waals surface area contributed by atoms with Crippen LogP contribution in [-0.4, -0.2) is 0 Å². The number of hydrogen-bond acceptors (Lipinski definition) is 0. The Hall–Kier alpha value is -2.08. The van der Waals surface area contributed by atoms with Crippen LogP contribution in [0.4, 0.5) is 0 Å². The Morgan fingerprint density at radius 2 is 1.21 bits per heavy atom. The molecule has 28 heavy (non-hydrogen) atoms. The summed E-state index contributed by atoms with van der Waals surface area (Å²) >= 11 is 0. The highest BCUT2D eigenvalue weighted by atomic mass is 14.3. The first kappa shape index (κ1) is 24.0. The first-order valence-corrected chi connectivity index (χ1v) is 11.5. The Labute approximate surface area is 174 Å². The standard InChI is InChI=1S/C20H16.4C2H6/c1-3-7-17-13(5-1)9-15-11-20-16(12-19(15)17)10-14-6-2-4-8-18(14)20;4*1-2/h1,3-5,7-8,11-12H,2,6,9-10H2;4*1-2H3. The fraction of sp³-hybridized carbons (Fsp3) is 0.429. The maximum atomic E-state index is 2.46. The zero-order valence-corrected chi connectivity index (χ0v) is 19.4. The molecule has 0 heteroatoms. The minimum atomic E-state index is 1.10. The molecule has 3 aliphatic rings. The number of hydrogen-bond donors (Lipinski definition) is 0. The molecule has 0 aromatic heterocycles. The van der Waals surface area contributed by atoms with E-state index in [1.165, 1.54) is 58.2 Å². The summed E-state index contributed by atoms with van der Waals surface area (Å²) in [5.74, 6) is 0. The summed E-state index contributed by atoms with van der Waals surface area (Å²) in [7, 11) is 0. The molecule has 0 saturated carbocycles. The van der Waals surface area contributed by atoms with E-state index < -0.39 is 0 Å². The predicted molar refractivity (Wildman–Crippen MR) is 129 cm³/mol. The Bertz CT molecular complexity index is 803. The average Bonchev–Trinajstić information content (AvgIpc) is 3.35. The lowest BCUT2D eigenvalue weighted by molar-refractivity contribution is 0.935. The van der Waals surface area contributed by atoms with Crippen LogP contribution in [0.5, 0.6) is 0 Å². The Kier molecular flexibility index (Phi) is 10.6. The molecule has 152 valence electrons. The summed E-state index contributed by atoms with van der Waals surface area (Å²) < 4.78 is 0. The van der Waals surface area contributed by atoms with Crippen molar-refractivity contribution < 1.29 is 0 Å². The Balaban J connectivity index is 0.000000442. The molecular weight excluding hydrogens is 336 g/mol. The summed E-state index contributed by atoms with van der Waals surface area (Å²) in [6.45, 7) is 16.0. The predicted octanol–water partition coefficient (Wildman–Crippen LogP) is 9.02. The molecule has 0 fully saturated rings. The molecule has 2 aromatic carbocycles. The lowest BCUT2D eigenvalue weighted by Gasteiger charge is -2.09. The van der Waals surface area contributed by atoms with Gasteiger partial charge >= 0.3 is 0 Å². The Morgan fingerprint density at radius 1 is 0.607 bits per heavy atom. The third-order valence-electron chi connectivity index (χ3n) is 4.99. The highest BCUT2D eigenvalue weighted by Gasteiger charge is 2.26. The maximum Gasteiger partial charge on any atom is -0.00132 e. The molecule has 0 N–H and O–H groups in total. The van der Waals surface area contributed by atoms with Gasteiger partial charge in [-0.25, -0.2) is 0 Å². The fourth-order valence-electron chi connectivity index (χ4n) is 4.03. The van der Waals surface area contributed by atoms with Gasteiger partial charge in [0.2, 0.25) is 0 Å². The van der Waals surface area contributed by atoms with Crippen LogP contribution in [0.1, 0.15) is 90.5 Å². The van der Waals surface area contributed by atoms with Gasteiger partial charge < -0.3 is 0 Å². The van der Waals surface area contributed by atoms with Crippen molar-refractivity contribution in [2.24, 2.45) is 0 Å². The molecule has 0 unspecified atom stereocenters. The fourth-order valence-corrected chi connectivity index (χ4v) is 4.03. The van der Waals surface area contributed by atoms with Crippen LogP contribution in [0.25, 0.3) is 16.7 Å². The van der Waals surface area contributed by atoms with Crippen molar-refractivity contribution in [1.29, 1.82) is 0 Å². The van der Waals surface area contributed by atoms with Crippen LogP contribution in [0, 0.1) is 0 Å². The number of benzene rings is 2. The van der Waals surface area contributed by atoms with Crippen molar-refractivity contribution in [3.63, 3.8) is 0 Å². The van der Waals surface area contributed by atoms with Gasteiger partial charge in [0.15, 0.2) is 0 Å². The van der Waals surface area contributed by atoms with E-state index in [0.717, 1.165) is 6.42 Å². The van der Waals surface area contributed by atoms with E-state index >= 15 is 0 Å². The Morgan fingerprint density at radius 3 is 1.93 bits per heavy atom. The van der Waals surface area contributed by atoms with Gasteiger partial charge in [0.05, 0.1) is 0 Å². The highest BCUT2D eigenvalue weighted by Crippen LogP contribution is 2.44. The van der Waals surface area contributed by atoms with Gasteiger partial charge in [-0.1, -0.05) is 97.4 Å². The van der Waals surface area contributed by atoms with E-state index in [1.54, 1.807) is 5.57 Å². The normalized spacial score (nSPS) is 13.6. The molecule has 0 spiro atoms. The number of rotatable bonds is 0. The largest absolute Gasteiger partial charge is 0.0836 e. The van der Waals surface area contributed by atoms with Crippen LogP contribution in [0.2, 0.25) is 0 Å². The molecule has 0 saturated heterocycles. The monoisotopic (exact) mass is 376 g/mol. The average molecular weight is 377 g/mol. The van der Waals surface area contributed by atoms with E-state index in [2.05, 4.69) is 48.6 Å². The summed E-state index contributed by atoms with van der Waals surface area (Å²) in [6.07, 6.45) is 9.42. The summed E-state index contributed by atoms with van der Waals surface area (Å²) in [5, 5.41) is 0. The van der Waals surface area contributed by atoms with Gasteiger partial charge in [0, 0.05) is 0 Å². The lowest BCUT2D eigenvalue weighted by Crippen LogP contribution is -1.89. The van der Waals surface area contributed by atoms with E-state index in [0.29, 0.717) is 0 Å². The molecule has 0 radical (unpaired) electrons. The molecule has 0 atom stereocenters. The van der Waals surface area contributed by atoms with Crippen molar-refractivity contribution in [3.05, 3.63) is 76.4 Å². The molecule has 0 nitrogen and oxygen atoms in total. The van der Waals surface area contributed by atoms with Gasteiger partial charge in [-0.15, -0.1) is 0 Å². The van der Waals surface area contributed by atoms with Gasteiger partial charge in [0.25, 0.3) is 0 Å². The summed E-state index contributed by atoms with van der Waals surface area (Å²) in [5.41, 5.74) is 12.1. The van der Waals surface area contributed by atoms with E-state index in [4.69, 9.17) is 0 Å². The second-order valence-electron chi connectivity index (χ2n) is 6.14. The topological polar surface area (TPSA) is 0 Å². The maximum absolute atomic E-state index is 2.46. The SMILES string of the molecule is C1=CC2=C(CC1)Cc1cc3c(cc12)Cc1ccccc1-3.CC.CC.CC.CC. The van der Waals surface area contributed by atoms with Crippen LogP contribution < -0.4 is 0 Å². The number of allylic oxidation sites excluding steroid dienone is 4. The smallest absolute Gasteiger partial charge is 0.00132 e. The third kappa shape index (κ3) is 4.66. The third-order valence-corrected chi connectivity index (χ3v) is 4.99. The zero-order chi connectivity index (χ0) is 21.1. The summed E-state index contributed by atoms with van der Waals surface area (Å²) in [4.78, 5) is 0. The highest BCUT2D eigenvalue weighted by molar-refractivity contribution is 5.88. The lowest BCUT2D eigenvalue weighted by atomic mass is 9.96. The van der Waals surface area contributed by atoms with Crippen LogP contribution in [0.3, 0.4) is 0 Å². The second-order valence-corrected chi connectivity index (χ2v) is 6.14. The van der Waals surface area contributed by atoms with Crippen LogP contribution in [-0.2, 0) is 12.8 Å². The van der Waals surface area contributed by atoms with E-state index in [9.17, 15) is 0 Å². The van der Waals surface area contributed by atoms with Crippen molar-refractivity contribution in [2.45, 2.75) is 81.1 Å². The van der Waals surface area contributed by atoms with Crippen LogP contribution in [0.15, 0.2) is 54.1 Å².